The maximum Gasteiger partial charge on any atom is 0.178 e. The second kappa shape index (κ2) is 5.02. The summed E-state index contributed by atoms with van der Waals surface area (Å²) < 4.78 is 1.79. The molecule has 2 rings (SSSR count). The monoisotopic (exact) mass is 268 g/mol. The lowest BCUT2D eigenvalue weighted by Gasteiger charge is -2.03. The molecular weight excluding hydrogens is 256 g/mol. The zero-order valence-electron chi connectivity index (χ0n) is 9.74. The van der Waals surface area contributed by atoms with E-state index in [0.717, 1.165) is 22.8 Å². The summed E-state index contributed by atoms with van der Waals surface area (Å²) in [6.07, 6.45) is 0.314. The molecular formula is C12H13ClN2OS. The number of carbonyl (C=O) groups excluding carboxylic acids is 1. The Balaban J connectivity index is 2.27. The van der Waals surface area contributed by atoms with Gasteiger partial charge < -0.3 is 0 Å². The minimum atomic E-state index is 0.0940. The zero-order valence-corrected chi connectivity index (χ0v) is 11.3. The van der Waals surface area contributed by atoms with Gasteiger partial charge in [0.25, 0.3) is 0 Å². The molecule has 2 aromatic rings. The predicted molar refractivity (Wildman–Crippen MR) is 70.0 cm³/mol. The van der Waals surface area contributed by atoms with Crippen LogP contribution >= 0.6 is 22.9 Å². The van der Waals surface area contributed by atoms with Gasteiger partial charge in [0, 0.05) is 6.54 Å². The Morgan fingerprint density at radius 3 is 2.94 bits per heavy atom. The highest BCUT2D eigenvalue weighted by atomic mass is 35.5. The van der Waals surface area contributed by atoms with Crippen molar-refractivity contribution in [3.63, 3.8) is 0 Å². The van der Waals surface area contributed by atoms with Crippen LogP contribution in [-0.2, 0) is 13.0 Å². The van der Waals surface area contributed by atoms with Gasteiger partial charge in [-0.15, -0.1) is 11.3 Å². The molecule has 0 aliphatic heterocycles. The number of thiophene rings is 1. The first kappa shape index (κ1) is 12.3. The third-order valence-corrected chi connectivity index (χ3v) is 3.98. The van der Waals surface area contributed by atoms with E-state index in [1.807, 2.05) is 31.4 Å². The van der Waals surface area contributed by atoms with Gasteiger partial charge in [0.15, 0.2) is 5.78 Å². The molecule has 0 aromatic carbocycles. The second-order valence-electron chi connectivity index (χ2n) is 3.74. The van der Waals surface area contributed by atoms with Crippen LogP contribution in [0, 0.1) is 6.92 Å². The number of halogens is 1. The highest BCUT2D eigenvalue weighted by Gasteiger charge is 2.17. The molecule has 0 bridgehead atoms. The third-order valence-electron chi connectivity index (χ3n) is 2.58. The fourth-order valence-corrected chi connectivity index (χ4v) is 2.58. The summed E-state index contributed by atoms with van der Waals surface area (Å²) in [4.78, 5) is 12.8. The average molecular weight is 269 g/mol. The van der Waals surface area contributed by atoms with Crippen molar-refractivity contribution in [1.82, 2.24) is 9.78 Å². The number of carbonyl (C=O) groups is 1. The molecule has 5 heteroatoms. The maximum atomic E-state index is 12.0. The Kier molecular flexibility index (Phi) is 3.64. The van der Waals surface area contributed by atoms with E-state index in [9.17, 15) is 4.79 Å². The number of aromatic nitrogens is 2. The lowest BCUT2D eigenvalue weighted by Crippen LogP contribution is -2.09. The Hall–Kier alpha value is -1.13. The minimum absolute atomic E-state index is 0.0940. The normalized spacial score (nSPS) is 10.8. The van der Waals surface area contributed by atoms with Crippen molar-refractivity contribution in [1.29, 1.82) is 0 Å². The van der Waals surface area contributed by atoms with Crippen LogP contribution in [-0.4, -0.2) is 15.6 Å². The number of ketones is 1. The van der Waals surface area contributed by atoms with Crippen molar-refractivity contribution >= 4 is 28.7 Å². The van der Waals surface area contributed by atoms with Gasteiger partial charge in [-0.25, -0.2) is 0 Å². The minimum Gasteiger partial charge on any atom is -0.293 e. The summed E-state index contributed by atoms with van der Waals surface area (Å²) in [6, 6.07) is 3.71. The molecule has 0 spiro atoms. The van der Waals surface area contributed by atoms with Crippen molar-refractivity contribution in [3.8, 4) is 0 Å². The van der Waals surface area contributed by atoms with Gasteiger partial charge >= 0.3 is 0 Å². The average Bonchev–Trinajstić information content (AvgIpc) is 2.92. The van der Waals surface area contributed by atoms with E-state index in [4.69, 9.17) is 11.6 Å². The largest absolute Gasteiger partial charge is 0.293 e. The fourth-order valence-electron chi connectivity index (χ4n) is 1.71. The Morgan fingerprint density at radius 2 is 2.35 bits per heavy atom. The van der Waals surface area contributed by atoms with Crippen LogP contribution in [0.4, 0.5) is 0 Å². The summed E-state index contributed by atoms with van der Waals surface area (Å²) >= 11 is 7.62. The molecule has 90 valence electrons. The van der Waals surface area contributed by atoms with Crippen LogP contribution in [0.15, 0.2) is 17.5 Å². The highest BCUT2D eigenvalue weighted by Crippen LogP contribution is 2.22. The lowest BCUT2D eigenvalue weighted by molar-refractivity contribution is 0.0994. The van der Waals surface area contributed by atoms with E-state index in [-0.39, 0.29) is 5.78 Å². The quantitative estimate of drug-likeness (QED) is 0.797. The number of rotatable bonds is 4. The molecule has 0 aliphatic rings. The zero-order chi connectivity index (χ0) is 12.4. The van der Waals surface area contributed by atoms with Gasteiger partial charge in [0.2, 0.25) is 0 Å². The van der Waals surface area contributed by atoms with Crippen molar-refractivity contribution < 1.29 is 4.79 Å². The summed E-state index contributed by atoms with van der Waals surface area (Å²) in [5.41, 5.74) is 1.59. The van der Waals surface area contributed by atoms with E-state index in [0.29, 0.717) is 11.4 Å². The van der Waals surface area contributed by atoms with E-state index in [2.05, 4.69) is 5.10 Å². The number of Topliss-reactive ketones (excluding diaryl/α,β-unsaturated/α-hetero) is 1. The van der Waals surface area contributed by atoms with Gasteiger partial charge in [-0.2, -0.15) is 5.10 Å². The molecule has 17 heavy (non-hydrogen) atoms. The predicted octanol–water partition coefficient (Wildman–Crippen LogP) is 3.35. The van der Waals surface area contributed by atoms with Gasteiger partial charge in [-0.1, -0.05) is 17.7 Å². The van der Waals surface area contributed by atoms with Crippen LogP contribution in [0.25, 0.3) is 0 Å². The smallest absolute Gasteiger partial charge is 0.178 e. The molecule has 0 radical (unpaired) electrons. The molecule has 0 aliphatic carbocycles. The Labute approximate surface area is 109 Å². The molecule has 2 aromatic heterocycles. The van der Waals surface area contributed by atoms with Crippen LogP contribution in [0.5, 0.6) is 0 Å². The highest BCUT2D eigenvalue weighted by molar-refractivity contribution is 7.12. The van der Waals surface area contributed by atoms with Crippen LogP contribution < -0.4 is 0 Å². The van der Waals surface area contributed by atoms with Gasteiger partial charge in [0.05, 0.1) is 27.7 Å². The molecule has 0 saturated carbocycles. The summed E-state index contributed by atoms with van der Waals surface area (Å²) in [6.45, 7) is 4.57. The van der Waals surface area contributed by atoms with Crippen molar-refractivity contribution in [3.05, 3.63) is 38.8 Å². The molecule has 0 N–H and O–H groups in total. The van der Waals surface area contributed by atoms with E-state index >= 15 is 0 Å². The lowest BCUT2D eigenvalue weighted by atomic mass is 10.2. The van der Waals surface area contributed by atoms with E-state index < -0.39 is 0 Å². The fraction of sp³-hybridized carbons (Fsp3) is 0.333. The van der Waals surface area contributed by atoms with Gasteiger partial charge in [0.1, 0.15) is 0 Å². The van der Waals surface area contributed by atoms with Crippen LogP contribution in [0.1, 0.15) is 28.0 Å². The Morgan fingerprint density at radius 1 is 1.59 bits per heavy atom. The standard InChI is InChI=1S/C12H13ClN2OS/c1-3-15-9(12(13)8(2)14-15)7-10(16)11-5-4-6-17-11/h4-6H,3,7H2,1-2H3. The third kappa shape index (κ3) is 2.42. The topological polar surface area (TPSA) is 34.9 Å². The number of nitrogens with zero attached hydrogens (tertiary/aromatic N) is 2. The van der Waals surface area contributed by atoms with Gasteiger partial charge in [-0.3, -0.25) is 9.48 Å². The molecule has 2 heterocycles. The molecule has 0 atom stereocenters. The number of aryl methyl sites for hydroxylation is 2. The maximum absolute atomic E-state index is 12.0. The van der Waals surface area contributed by atoms with Crippen molar-refractivity contribution in [2.24, 2.45) is 0 Å². The van der Waals surface area contributed by atoms with E-state index in [1.165, 1.54) is 11.3 Å². The summed E-state index contributed by atoms with van der Waals surface area (Å²) in [7, 11) is 0. The second-order valence-corrected chi connectivity index (χ2v) is 5.06. The first-order valence-corrected chi connectivity index (χ1v) is 6.67. The first-order valence-electron chi connectivity index (χ1n) is 5.42. The Bertz CT molecular complexity index is 531. The van der Waals surface area contributed by atoms with Crippen molar-refractivity contribution in [2.45, 2.75) is 26.8 Å². The number of hydrogen-bond acceptors (Lipinski definition) is 3. The molecule has 0 amide bonds. The molecule has 0 unspecified atom stereocenters. The van der Waals surface area contributed by atoms with E-state index in [1.54, 1.807) is 4.68 Å². The molecule has 0 saturated heterocycles. The van der Waals surface area contributed by atoms with Crippen LogP contribution in [0.2, 0.25) is 5.02 Å². The molecule has 3 nitrogen and oxygen atoms in total. The van der Waals surface area contributed by atoms with Gasteiger partial charge in [-0.05, 0) is 25.3 Å². The van der Waals surface area contributed by atoms with Crippen LogP contribution in [0.3, 0.4) is 0 Å². The summed E-state index contributed by atoms with van der Waals surface area (Å²) in [5, 5.41) is 6.81. The number of hydrogen-bond donors (Lipinski definition) is 0. The first-order chi connectivity index (χ1) is 8.13. The molecule has 0 fully saturated rings. The SMILES string of the molecule is CCn1nc(C)c(Cl)c1CC(=O)c1cccs1. The van der Waals surface area contributed by atoms with Crippen molar-refractivity contribution in [2.75, 3.05) is 0 Å². The summed E-state index contributed by atoms with van der Waals surface area (Å²) in [5.74, 6) is 0.0940.